The van der Waals surface area contributed by atoms with E-state index in [2.05, 4.69) is 9.97 Å². The van der Waals surface area contributed by atoms with Crippen LogP contribution in [0, 0.1) is 0 Å². The summed E-state index contributed by atoms with van der Waals surface area (Å²) in [6, 6.07) is 8.85. The van der Waals surface area contributed by atoms with Gasteiger partial charge in [0, 0.05) is 18.7 Å². The van der Waals surface area contributed by atoms with Crippen molar-refractivity contribution in [2.75, 3.05) is 12.8 Å². The molecule has 0 aliphatic carbocycles. The molecule has 0 saturated heterocycles. The maximum Gasteiger partial charge on any atom is 0.213 e. The van der Waals surface area contributed by atoms with E-state index in [4.69, 9.17) is 10.5 Å². The summed E-state index contributed by atoms with van der Waals surface area (Å²) in [4.78, 5) is 8.10. The molecule has 3 N–H and O–H groups in total. The second-order valence-corrected chi connectivity index (χ2v) is 3.91. The number of methoxy groups -OCH3 is 1. The normalized spacial score (nSPS) is 12.1. The minimum atomic E-state index is -0.693. The van der Waals surface area contributed by atoms with Crippen LogP contribution in [0.15, 0.2) is 36.5 Å². The molecule has 2 aromatic heterocycles. The van der Waals surface area contributed by atoms with Crippen molar-refractivity contribution in [3.63, 3.8) is 0 Å². The molecule has 0 aliphatic heterocycles. The SMILES string of the molecule is COc1cccc(C(O)Cc2ccnc(N)c2)n1. The number of hydrogen-bond donors (Lipinski definition) is 2. The van der Waals surface area contributed by atoms with Crippen molar-refractivity contribution < 1.29 is 9.84 Å². The van der Waals surface area contributed by atoms with Crippen LogP contribution in [0.3, 0.4) is 0 Å². The molecule has 1 unspecified atom stereocenters. The maximum atomic E-state index is 10.1. The van der Waals surface area contributed by atoms with Gasteiger partial charge in [0.05, 0.1) is 12.8 Å². The van der Waals surface area contributed by atoms with Gasteiger partial charge in [0.15, 0.2) is 0 Å². The number of aliphatic hydroxyl groups excluding tert-OH is 1. The van der Waals surface area contributed by atoms with Crippen LogP contribution in [-0.2, 0) is 6.42 Å². The van der Waals surface area contributed by atoms with E-state index >= 15 is 0 Å². The van der Waals surface area contributed by atoms with Gasteiger partial charge in [-0.25, -0.2) is 9.97 Å². The number of anilines is 1. The lowest BCUT2D eigenvalue weighted by atomic mass is 10.1. The number of rotatable bonds is 4. The third-order valence-electron chi connectivity index (χ3n) is 2.57. The Morgan fingerprint density at radius 3 is 2.94 bits per heavy atom. The summed E-state index contributed by atoms with van der Waals surface area (Å²) in [7, 11) is 1.54. The topological polar surface area (TPSA) is 81.3 Å². The summed E-state index contributed by atoms with van der Waals surface area (Å²) in [5.74, 6) is 0.930. The van der Waals surface area contributed by atoms with E-state index in [1.54, 1.807) is 37.6 Å². The fourth-order valence-electron chi connectivity index (χ4n) is 1.68. The molecule has 2 heterocycles. The van der Waals surface area contributed by atoms with Crippen molar-refractivity contribution in [1.29, 1.82) is 0 Å². The molecular formula is C13H15N3O2. The summed E-state index contributed by atoms with van der Waals surface area (Å²) in [6.07, 6.45) is 1.37. The Bertz CT molecular complexity index is 531. The highest BCUT2D eigenvalue weighted by Gasteiger charge is 2.11. The molecule has 94 valence electrons. The first-order valence-corrected chi connectivity index (χ1v) is 5.58. The summed E-state index contributed by atoms with van der Waals surface area (Å²) < 4.78 is 5.02. The molecular weight excluding hydrogens is 230 g/mol. The lowest BCUT2D eigenvalue weighted by Gasteiger charge is -2.11. The standard InChI is InChI=1S/C13H15N3O2/c1-18-13-4-2-3-10(16-13)11(17)7-9-5-6-15-12(14)8-9/h2-6,8,11,17H,7H2,1H3,(H2,14,15). The van der Waals surface area contributed by atoms with Crippen molar-refractivity contribution >= 4 is 5.82 Å². The highest BCUT2D eigenvalue weighted by atomic mass is 16.5. The van der Waals surface area contributed by atoms with Gasteiger partial charge in [-0.05, 0) is 23.8 Å². The van der Waals surface area contributed by atoms with E-state index in [0.29, 0.717) is 23.8 Å². The molecule has 1 atom stereocenters. The van der Waals surface area contributed by atoms with E-state index < -0.39 is 6.10 Å². The van der Waals surface area contributed by atoms with Crippen LogP contribution in [0.25, 0.3) is 0 Å². The fourth-order valence-corrected chi connectivity index (χ4v) is 1.68. The van der Waals surface area contributed by atoms with Gasteiger partial charge in [-0.15, -0.1) is 0 Å². The van der Waals surface area contributed by atoms with Gasteiger partial charge in [0.2, 0.25) is 5.88 Å². The molecule has 0 saturated carbocycles. The summed E-state index contributed by atoms with van der Waals surface area (Å²) in [6.45, 7) is 0. The van der Waals surface area contributed by atoms with E-state index in [1.165, 1.54) is 0 Å². The predicted octanol–water partition coefficient (Wildman–Crippen LogP) is 1.34. The number of nitrogens with zero attached hydrogens (tertiary/aromatic N) is 2. The zero-order valence-corrected chi connectivity index (χ0v) is 10.1. The number of nitrogen functional groups attached to an aromatic ring is 1. The lowest BCUT2D eigenvalue weighted by molar-refractivity contribution is 0.172. The van der Waals surface area contributed by atoms with Gasteiger partial charge >= 0.3 is 0 Å². The van der Waals surface area contributed by atoms with E-state index in [0.717, 1.165) is 5.56 Å². The number of aromatic nitrogens is 2. The van der Waals surface area contributed by atoms with Crippen LogP contribution in [0.2, 0.25) is 0 Å². The molecule has 0 amide bonds. The Morgan fingerprint density at radius 2 is 2.22 bits per heavy atom. The lowest BCUT2D eigenvalue weighted by Crippen LogP contribution is -2.05. The van der Waals surface area contributed by atoms with E-state index in [1.807, 2.05) is 6.07 Å². The molecule has 0 fully saturated rings. The summed E-state index contributed by atoms with van der Waals surface area (Å²) in [5, 5.41) is 10.1. The average molecular weight is 245 g/mol. The minimum Gasteiger partial charge on any atom is -0.481 e. The van der Waals surface area contributed by atoms with Crippen LogP contribution < -0.4 is 10.5 Å². The van der Waals surface area contributed by atoms with Crippen molar-refractivity contribution in [3.05, 3.63) is 47.8 Å². The number of pyridine rings is 2. The predicted molar refractivity (Wildman–Crippen MR) is 68.1 cm³/mol. The van der Waals surface area contributed by atoms with Gasteiger partial charge < -0.3 is 15.6 Å². The Kier molecular flexibility index (Phi) is 3.74. The third kappa shape index (κ3) is 2.95. The zero-order chi connectivity index (χ0) is 13.0. The fraction of sp³-hybridized carbons (Fsp3) is 0.231. The molecule has 0 aliphatic rings. The van der Waals surface area contributed by atoms with E-state index in [-0.39, 0.29) is 0 Å². The van der Waals surface area contributed by atoms with Crippen LogP contribution in [0.1, 0.15) is 17.4 Å². The minimum absolute atomic E-state index is 0.437. The molecule has 5 heteroatoms. The quantitative estimate of drug-likeness (QED) is 0.849. The largest absolute Gasteiger partial charge is 0.481 e. The first kappa shape index (κ1) is 12.3. The molecule has 0 bridgehead atoms. The second-order valence-electron chi connectivity index (χ2n) is 3.91. The van der Waals surface area contributed by atoms with E-state index in [9.17, 15) is 5.11 Å². The molecule has 0 spiro atoms. The summed E-state index contributed by atoms with van der Waals surface area (Å²) >= 11 is 0. The smallest absolute Gasteiger partial charge is 0.213 e. The number of ether oxygens (including phenoxy) is 1. The van der Waals surface area contributed by atoms with Crippen molar-refractivity contribution in [1.82, 2.24) is 9.97 Å². The average Bonchev–Trinajstić information content (AvgIpc) is 2.39. The molecule has 18 heavy (non-hydrogen) atoms. The van der Waals surface area contributed by atoms with Gasteiger partial charge in [0.1, 0.15) is 11.9 Å². The highest BCUT2D eigenvalue weighted by molar-refractivity contribution is 5.32. The van der Waals surface area contributed by atoms with Crippen LogP contribution in [-0.4, -0.2) is 22.2 Å². The maximum absolute atomic E-state index is 10.1. The third-order valence-corrected chi connectivity index (χ3v) is 2.57. The monoisotopic (exact) mass is 245 g/mol. The highest BCUT2D eigenvalue weighted by Crippen LogP contribution is 2.19. The van der Waals surface area contributed by atoms with Crippen molar-refractivity contribution in [2.24, 2.45) is 0 Å². The first-order valence-electron chi connectivity index (χ1n) is 5.58. The number of aliphatic hydroxyl groups is 1. The molecule has 0 radical (unpaired) electrons. The molecule has 5 nitrogen and oxygen atoms in total. The van der Waals surface area contributed by atoms with Crippen LogP contribution >= 0.6 is 0 Å². The Hall–Kier alpha value is -2.14. The number of nitrogens with two attached hydrogens (primary N) is 1. The molecule has 2 rings (SSSR count). The first-order chi connectivity index (χ1) is 8.69. The van der Waals surface area contributed by atoms with Crippen molar-refractivity contribution in [3.8, 4) is 5.88 Å². The van der Waals surface area contributed by atoms with Gasteiger partial charge in [-0.3, -0.25) is 0 Å². The van der Waals surface area contributed by atoms with Gasteiger partial charge in [-0.2, -0.15) is 0 Å². The Balaban J connectivity index is 2.13. The zero-order valence-electron chi connectivity index (χ0n) is 10.1. The Morgan fingerprint density at radius 1 is 1.39 bits per heavy atom. The van der Waals surface area contributed by atoms with Crippen LogP contribution in [0.5, 0.6) is 5.88 Å². The number of hydrogen-bond acceptors (Lipinski definition) is 5. The molecule has 2 aromatic rings. The van der Waals surface area contributed by atoms with Crippen LogP contribution in [0.4, 0.5) is 5.82 Å². The van der Waals surface area contributed by atoms with Gasteiger partial charge in [0.25, 0.3) is 0 Å². The Labute approximate surface area is 105 Å². The van der Waals surface area contributed by atoms with Crippen molar-refractivity contribution in [2.45, 2.75) is 12.5 Å². The summed E-state index contributed by atoms with van der Waals surface area (Å²) in [5.41, 5.74) is 7.08. The van der Waals surface area contributed by atoms with Gasteiger partial charge in [-0.1, -0.05) is 6.07 Å². The second kappa shape index (κ2) is 5.46. The molecule has 0 aromatic carbocycles.